The molecule has 0 saturated carbocycles. The molecular formula is C11H15N4NaO4. The van der Waals surface area contributed by atoms with Gasteiger partial charge in [-0.3, -0.25) is 4.99 Å². The van der Waals surface area contributed by atoms with E-state index in [4.69, 9.17) is 4.74 Å². The topological polar surface area (TPSA) is 112 Å². The molecule has 1 aliphatic rings. The van der Waals surface area contributed by atoms with Gasteiger partial charge in [0.05, 0.1) is 24.9 Å². The van der Waals surface area contributed by atoms with E-state index in [1.165, 1.54) is 6.34 Å². The van der Waals surface area contributed by atoms with Gasteiger partial charge in [-0.05, 0) is 12.8 Å². The van der Waals surface area contributed by atoms with E-state index in [0.717, 1.165) is 0 Å². The maximum atomic E-state index is 10.2. The zero-order valence-corrected chi connectivity index (χ0v) is 13.3. The third kappa shape index (κ3) is 4.57. The van der Waals surface area contributed by atoms with Crippen LogP contribution in [0.2, 0.25) is 0 Å². The van der Waals surface area contributed by atoms with E-state index in [0.29, 0.717) is 24.5 Å². The minimum atomic E-state index is -1.09. The molecule has 9 heteroatoms. The van der Waals surface area contributed by atoms with Gasteiger partial charge in [-0.1, -0.05) is 0 Å². The Morgan fingerprint density at radius 3 is 3.20 bits per heavy atom. The van der Waals surface area contributed by atoms with Crippen LogP contribution >= 0.6 is 0 Å². The summed E-state index contributed by atoms with van der Waals surface area (Å²) in [4.78, 5) is 18.3. The fraction of sp³-hybridized carbons (Fsp3) is 0.545. The SMILES string of the molecule is O=C([O-])CCCOCn1cnc2c1C(O)CN=CN2.[Na+]. The summed E-state index contributed by atoms with van der Waals surface area (Å²) in [7, 11) is 0. The normalized spacial score (nSPS) is 16.8. The number of imidazole rings is 1. The number of carboxylic acids is 1. The Bertz CT molecular complexity index is 477. The third-order valence-electron chi connectivity index (χ3n) is 2.66. The molecule has 2 rings (SSSR count). The van der Waals surface area contributed by atoms with Crippen molar-refractivity contribution in [2.75, 3.05) is 18.5 Å². The van der Waals surface area contributed by atoms with Crippen LogP contribution < -0.4 is 40.0 Å². The summed E-state index contributed by atoms with van der Waals surface area (Å²) in [6.45, 7) is 0.769. The summed E-state index contributed by atoms with van der Waals surface area (Å²) in [5.41, 5.74) is 0.609. The van der Waals surface area contributed by atoms with E-state index < -0.39 is 12.1 Å². The molecule has 1 unspecified atom stereocenters. The fourth-order valence-corrected chi connectivity index (χ4v) is 1.78. The molecule has 1 aromatic heterocycles. The first-order valence-corrected chi connectivity index (χ1v) is 5.94. The Hall–Kier alpha value is -0.930. The number of aliphatic hydroxyl groups excluding tert-OH is 1. The average Bonchev–Trinajstić information content (AvgIpc) is 2.67. The van der Waals surface area contributed by atoms with E-state index in [-0.39, 0.29) is 49.3 Å². The first kappa shape index (κ1) is 17.1. The second-order valence-corrected chi connectivity index (χ2v) is 4.12. The van der Waals surface area contributed by atoms with Gasteiger partial charge in [-0.2, -0.15) is 0 Å². The van der Waals surface area contributed by atoms with Gasteiger partial charge in [0.1, 0.15) is 12.8 Å². The number of carboxylic acid groups (broad SMARTS) is 1. The molecule has 0 saturated heterocycles. The van der Waals surface area contributed by atoms with Gasteiger partial charge in [0.15, 0.2) is 5.82 Å². The van der Waals surface area contributed by atoms with Crippen LogP contribution in [0.25, 0.3) is 0 Å². The number of aliphatic hydroxyl groups is 1. The molecule has 20 heavy (non-hydrogen) atoms. The number of aliphatic imine (C=N–C) groups is 1. The predicted molar refractivity (Wildman–Crippen MR) is 64.4 cm³/mol. The van der Waals surface area contributed by atoms with Gasteiger partial charge >= 0.3 is 29.6 Å². The van der Waals surface area contributed by atoms with Crippen LogP contribution in [0.4, 0.5) is 5.82 Å². The molecule has 0 amide bonds. The van der Waals surface area contributed by atoms with E-state index >= 15 is 0 Å². The van der Waals surface area contributed by atoms with Crippen molar-refractivity contribution in [3.63, 3.8) is 0 Å². The van der Waals surface area contributed by atoms with Crippen LogP contribution in [-0.2, 0) is 16.3 Å². The van der Waals surface area contributed by atoms with Crippen molar-refractivity contribution in [3.05, 3.63) is 12.0 Å². The monoisotopic (exact) mass is 290 g/mol. The Morgan fingerprint density at radius 2 is 2.45 bits per heavy atom. The Kier molecular flexibility index (Phi) is 7.17. The van der Waals surface area contributed by atoms with Crippen LogP contribution in [0.1, 0.15) is 24.6 Å². The van der Waals surface area contributed by atoms with Gasteiger partial charge in [0.2, 0.25) is 0 Å². The standard InChI is InChI=1S/C11H16N4O4.Na/c16-8-4-12-5-13-11-10(8)15(6-14-11)7-19-3-1-2-9(17)18;/h5-6,8,16H,1-4,7H2,(H,12,13)(H,17,18);/q;+1/p-1. The van der Waals surface area contributed by atoms with E-state index in [2.05, 4.69) is 15.3 Å². The first-order chi connectivity index (χ1) is 9.18. The molecule has 0 aromatic carbocycles. The van der Waals surface area contributed by atoms with Crippen molar-refractivity contribution >= 4 is 18.1 Å². The second-order valence-electron chi connectivity index (χ2n) is 4.12. The third-order valence-corrected chi connectivity index (χ3v) is 2.66. The number of fused-ring (bicyclic) bond motifs is 1. The van der Waals surface area contributed by atoms with Gasteiger partial charge in [0, 0.05) is 12.6 Å². The first-order valence-electron chi connectivity index (χ1n) is 5.94. The number of hydrogen-bond donors (Lipinski definition) is 2. The second kappa shape index (κ2) is 8.38. The van der Waals surface area contributed by atoms with Crippen LogP contribution in [0.5, 0.6) is 0 Å². The minimum absolute atomic E-state index is 0. The maximum Gasteiger partial charge on any atom is 1.00 e. The Balaban J connectivity index is 0.00000200. The Labute approximate surface area is 138 Å². The average molecular weight is 290 g/mol. The van der Waals surface area contributed by atoms with E-state index in [9.17, 15) is 15.0 Å². The summed E-state index contributed by atoms with van der Waals surface area (Å²) < 4.78 is 7.00. The number of nitrogens with one attached hydrogen (secondary N) is 1. The smallest absolute Gasteiger partial charge is 0.550 e. The summed E-state index contributed by atoms with van der Waals surface area (Å²) >= 11 is 0. The quantitative estimate of drug-likeness (QED) is 0.407. The molecule has 1 aromatic rings. The summed E-state index contributed by atoms with van der Waals surface area (Å²) in [5, 5.41) is 23.0. The summed E-state index contributed by atoms with van der Waals surface area (Å²) in [5.74, 6) is -0.538. The van der Waals surface area contributed by atoms with E-state index in [1.807, 2.05) is 0 Å². The zero-order valence-electron chi connectivity index (χ0n) is 11.3. The van der Waals surface area contributed by atoms with Crippen LogP contribution in [0.3, 0.4) is 0 Å². The fourth-order valence-electron chi connectivity index (χ4n) is 1.78. The van der Waals surface area contributed by atoms with Crippen LogP contribution in [0.15, 0.2) is 11.3 Å². The molecule has 0 bridgehead atoms. The van der Waals surface area contributed by atoms with Crippen molar-refractivity contribution in [2.24, 2.45) is 4.99 Å². The minimum Gasteiger partial charge on any atom is -0.550 e. The molecule has 0 spiro atoms. The van der Waals surface area contributed by atoms with Crippen molar-refractivity contribution < 1.29 is 49.3 Å². The number of ether oxygens (including phenoxy) is 1. The number of aromatic nitrogens is 2. The molecule has 104 valence electrons. The number of anilines is 1. The van der Waals surface area contributed by atoms with Crippen LogP contribution in [-0.4, -0.2) is 40.1 Å². The van der Waals surface area contributed by atoms with Crippen molar-refractivity contribution in [3.8, 4) is 0 Å². The summed E-state index contributed by atoms with van der Waals surface area (Å²) in [6.07, 6.45) is 2.67. The number of carbonyl (C=O) groups is 1. The largest absolute Gasteiger partial charge is 1.00 e. The molecule has 2 N–H and O–H groups in total. The molecule has 0 aliphatic carbocycles. The van der Waals surface area contributed by atoms with Crippen LogP contribution in [0, 0.1) is 0 Å². The number of aliphatic carboxylic acids is 1. The summed E-state index contributed by atoms with van der Waals surface area (Å²) in [6, 6.07) is 0. The van der Waals surface area contributed by atoms with E-state index in [1.54, 1.807) is 10.9 Å². The number of nitrogens with zero attached hydrogens (tertiary/aromatic N) is 3. The molecule has 0 radical (unpaired) electrons. The van der Waals surface area contributed by atoms with Gasteiger partial charge < -0.3 is 29.6 Å². The molecular weight excluding hydrogens is 275 g/mol. The Morgan fingerprint density at radius 1 is 1.65 bits per heavy atom. The number of rotatable bonds is 6. The maximum absolute atomic E-state index is 10.2. The predicted octanol–water partition coefficient (Wildman–Crippen LogP) is -4.12. The van der Waals surface area contributed by atoms with Gasteiger partial charge in [-0.25, -0.2) is 4.98 Å². The van der Waals surface area contributed by atoms with Crippen molar-refractivity contribution in [1.29, 1.82) is 0 Å². The van der Waals surface area contributed by atoms with Gasteiger partial charge in [0.25, 0.3) is 0 Å². The molecule has 8 nitrogen and oxygen atoms in total. The molecule has 1 atom stereocenters. The van der Waals surface area contributed by atoms with Crippen molar-refractivity contribution in [2.45, 2.75) is 25.7 Å². The number of carbonyl (C=O) groups excluding carboxylic acids is 1. The molecule has 2 heterocycles. The molecule has 1 aliphatic heterocycles. The van der Waals surface area contributed by atoms with Gasteiger partial charge in [-0.15, -0.1) is 0 Å². The van der Waals surface area contributed by atoms with Crippen molar-refractivity contribution in [1.82, 2.24) is 9.55 Å². The zero-order chi connectivity index (χ0) is 13.7. The molecule has 0 fully saturated rings. The number of hydrogen-bond acceptors (Lipinski definition) is 7.